The first kappa shape index (κ1) is 24.9. The van der Waals surface area contributed by atoms with Crippen LogP contribution in [0.2, 0.25) is 0 Å². The Balaban J connectivity index is 0.000000735. The lowest BCUT2D eigenvalue weighted by molar-refractivity contribution is -0.179. The van der Waals surface area contributed by atoms with Crippen molar-refractivity contribution < 1.29 is 23.1 Å². The molecule has 3 rings (SSSR count). The van der Waals surface area contributed by atoms with Gasteiger partial charge in [0, 0.05) is 16.8 Å². The Labute approximate surface area is 186 Å². The van der Waals surface area contributed by atoms with Crippen molar-refractivity contribution in [2.45, 2.75) is 85.0 Å². The average molecular weight is 488 g/mol. The van der Waals surface area contributed by atoms with Gasteiger partial charge in [0.15, 0.2) is 5.78 Å². The van der Waals surface area contributed by atoms with E-state index >= 15 is 0 Å². The molecule has 168 valence electrons. The summed E-state index contributed by atoms with van der Waals surface area (Å²) in [7, 11) is 0. The molecule has 0 bridgehead atoms. The third kappa shape index (κ3) is 5.10. The van der Waals surface area contributed by atoms with Crippen LogP contribution in [0.1, 0.15) is 71.4 Å². The van der Waals surface area contributed by atoms with Gasteiger partial charge in [-0.05, 0) is 68.2 Å². The Morgan fingerprint density at radius 3 is 2.20 bits per heavy atom. The molecule has 1 saturated carbocycles. The van der Waals surface area contributed by atoms with E-state index in [9.17, 15) is 18.4 Å². The van der Waals surface area contributed by atoms with Gasteiger partial charge in [-0.2, -0.15) is 8.78 Å². The van der Waals surface area contributed by atoms with Crippen LogP contribution in [0.15, 0.2) is 22.7 Å². The van der Waals surface area contributed by atoms with E-state index in [0.29, 0.717) is 32.1 Å². The number of carbonyl (C=O) groups excluding carboxylic acids is 2. The quantitative estimate of drug-likeness (QED) is 0.587. The summed E-state index contributed by atoms with van der Waals surface area (Å²) in [6, 6.07) is 5.78. The molecule has 7 heteroatoms. The number of benzene rings is 1. The molecule has 1 fully saturated rings. The number of carbonyl (C=O) groups is 2. The number of ketones is 1. The van der Waals surface area contributed by atoms with Crippen molar-refractivity contribution in [3.05, 3.63) is 33.8 Å². The van der Waals surface area contributed by atoms with E-state index in [4.69, 9.17) is 0 Å². The maximum absolute atomic E-state index is 12.9. The highest BCUT2D eigenvalue weighted by Gasteiger charge is 2.61. The highest BCUT2D eigenvalue weighted by atomic mass is 79.9. The molecular weight excluding hydrogens is 456 g/mol. The number of fused-ring (bicyclic) bond motifs is 1. The van der Waals surface area contributed by atoms with E-state index in [2.05, 4.69) is 46.8 Å². The van der Waals surface area contributed by atoms with Gasteiger partial charge >= 0.3 is 6.61 Å². The zero-order valence-corrected chi connectivity index (χ0v) is 19.9. The van der Waals surface area contributed by atoms with Crippen LogP contribution in [0, 0.1) is 11.3 Å². The second kappa shape index (κ2) is 9.86. The molecule has 1 aromatic rings. The highest BCUT2D eigenvalue weighted by Crippen LogP contribution is 2.58. The smallest absolute Gasteiger partial charge is 0.339 e. The first-order valence-corrected chi connectivity index (χ1v) is 11.2. The number of ether oxygens (including phenoxy) is 1. The number of Topliss-reactive ketones (excluding diaryl/α,β-unsaturated/α-hetero) is 1. The number of hydrogen-bond donors (Lipinski definition) is 1. The van der Waals surface area contributed by atoms with Crippen molar-refractivity contribution >= 4 is 27.6 Å². The van der Waals surface area contributed by atoms with Gasteiger partial charge in [0.05, 0.1) is 6.10 Å². The molecule has 1 aromatic carbocycles. The summed E-state index contributed by atoms with van der Waals surface area (Å²) in [4.78, 5) is 25.0. The fraction of sp³-hybridized carbons (Fsp3) is 0.652. The Kier molecular flexibility index (Phi) is 8.19. The third-order valence-corrected chi connectivity index (χ3v) is 6.37. The molecule has 0 aliphatic heterocycles. The lowest BCUT2D eigenvalue weighted by Crippen LogP contribution is -2.60. The summed E-state index contributed by atoms with van der Waals surface area (Å²) < 4.78 is 30.6. The van der Waals surface area contributed by atoms with Gasteiger partial charge in [-0.25, -0.2) is 0 Å². The molecule has 2 aliphatic rings. The van der Waals surface area contributed by atoms with E-state index < -0.39 is 23.7 Å². The van der Waals surface area contributed by atoms with Crippen molar-refractivity contribution in [3.63, 3.8) is 0 Å². The number of rotatable bonds is 4. The largest absolute Gasteiger partial charge is 0.345 e. The van der Waals surface area contributed by atoms with E-state index in [1.54, 1.807) is 0 Å². The molecule has 1 N–H and O–H groups in total. The monoisotopic (exact) mass is 487 g/mol. The Morgan fingerprint density at radius 1 is 1.17 bits per heavy atom. The summed E-state index contributed by atoms with van der Waals surface area (Å²) in [5.74, 6) is 0.427. The number of amides is 1. The minimum atomic E-state index is -2.79. The Hall–Kier alpha value is -1.34. The summed E-state index contributed by atoms with van der Waals surface area (Å²) in [5.41, 5.74) is 0.178. The molecule has 0 radical (unpaired) electrons. The molecule has 0 aromatic heterocycles. The first-order valence-electron chi connectivity index (χ1n) is 10.5. The SMILES string of the molecule is CC(=O)NC1(C(C)=O)c2cc(Br)ccc2CC12CCC(OC(F)F)CC2.CC(C)C. The van der Waals surface area contributed by atoms with Crippen LogP contribution < -0.4 is 5.32 Å². The number of nitrogens with one attached hydrogen (secondary N) is 1. The fourth-order valence-corrected chi connectivity index (χ4v) is 5.29. The molecule has 1 unspecified atom stereocenters. The molecular formula is C23H32BrF2NO3. The van der Waals surface area contributed by atoms with Crippen molar-refractivity contribution in [3.8, 4) is 0 Å². The minimum absolute atomic E-state index is 0.127. The third-order valence-electron chi connectivity index (χ3n) is 5.88. The zero-order valence-electron chi connectivity index (χ0n) is 18.4. The molecule has 1 atom stereocenters. The van der Waals surface area contributed by atoms with Gasteiger partial charge in [0.1, 0.15) is 5.54 Å². The highest BCUT2D eigenvalue weighted by molar-refractivity contribution is 9.10. The normalized spacial score (nSPS) is 27.6. The Bertz CT molecular complexity index is 773. The second-order valence-corrected chi connectivity index (χ2v) is 9.99. The molecule has 1 amide bonds. The van der Waals surface area contributed by atoms with Crippen LogP contribution in [-0.4, -0.2) is 24.4 Å². The van der Waals surface area contributed by atoms with Crippen molar-refractivity contribution in [1.82, 2.24) is 5.32 Å². The second-order valence-electron chi connectivity index (χ2n) is 9.07. The van der Waals surface area contributed by atoms with Crippen LogP contribution >= 0.6 is 15.9 Å². The minimum Gasteiger partial charge on any atom is -0.339 e. The van der Waals surface area contributed by atoms with Crippen LogP contribution in [0.5, 0.6) is 0 Å². The average Bonchev–Trinajstić information content (AvgIpc) is 2.86. The number of halogens is 3. The lowest BCUT2D eigenvalue weighted by atomic mass is 9.60. The van der Waals surface area contributed by atoms with Crippen LogP contribution in [0.4, 0.5) is 8.78 Å². The van der Waals surface area contributed by atoms with E-state index in [1.165, 1.54) is 13.8 Å². The molecule has 2 aliphatic carbocycles. The molecule has 0 heterocycles. The van der Waals surface area contributed by atoms with Gasteiger partial charge in [-0.1, -0.05) is 42.8 Å². The van der Waals surface area contributed by atoms with E-state index in [1.807, 2.05) is 18.2 Å². The van der Waals surface area contributed by atoms with Crippen molar-refractivity contribution in [2.24, 2.45) is 11.3 Å². The summed E-state index contributed by atoms with van der Waals surface area (Å²) in [5, 5.41) is 2.96. The Morgan fingerprint density at radius 2 is 1.73 bits per heavy atom. The summed E-state index contributed by atoms with van der Waals surface area (Å²) in [6.07, 6.45) is 2.07. The predicted molar refractivity (Wildman–Crippen MR) is 116 cm³/mol. The standard InChI is InChI=1S/C19H22BrF2NO3.C4H10/c1-11(24)19(23-12(2)25)16-9-14(20)4-3-13(16)10-18(19)7-5-15(6-8-18)26-17(21)22;1-4(2)3/h3-4,9,15,17H,5-8,10H2,1-2H3,(H,23,25);4H,1-3H3. The summed E-state index contributed by atoms with van der Waals surface area (Å²) in [6.45, 7) is 6.61. The van der Waals surface area contributed by atoms with E-state index in [0.717, 1.165) is 21.5 Å². The van der Waals surface area contributed by atoms with E-state index in [-0.39, 0.29) is 11.7 Å². The number of hydrogen-bond acceptors (Lipinski definition) is 3. The maximum Gasteiger partial charge on any atom is 0.345 e. The predicted octanol–water partition coefficient (Wildman–Crippen LogP) is 5.76. The van der Waals surface area contributed by atoms with Gasteiger partial charge < -0.3 is 10.1 Å². The zero-order chi connectivity index (χ0) is 22.7. The fourth-order valence-electron chi connectivity index (χ4n) is 4.93. The lowest BCUT2D eigenvalue weighted by Gasteiger charge is -2.49. The topological polar surface area (TPSA) is 55.4 Å². The van der Waals surface area contributed by atoms with Crippen molar-refractivity contribution in [2.75, 3.05) is 0 Å². The molecule has 1 spiro atoms. The maximum atomic E-state index is 12.9. The number of alkyl halides is 2. The van der Waals surface area contributed by atoms with Gasteiger partial charge in [0.25, 0.3) is 0 Å². The summed E-state index contributed by atoms with van der Waals surface area (Å²) >= 11 is 3.45. The van der Waals surface area contributed by atoms with Crippen molar-refractivity contribution in [1.29, 1.82) is 0 Å². The van der Waals surface area contributed by atoms with Crippen LogP contribution in [0.25, 0.3) is 0 Å². The molecule has 4 nitrogen and oxygen atoms in total. The van der Waals surface area contributed by atoms with Crippen LogP contribution in [-0.2, 0) is 26.3 Å². The molecule has 30 heavy (non-hydrogen) atoms. The van der Waals surface area contributed by atoms with Gasteiger partial charge in [0.2, 0.25) is 5.91 Å². The first-order chi connectivity index (χ1) is 13.9. The van der Waals surface area contributed by atoms with Gasteiger partial charge in [-0.15, -0.1) is 0 Å². The molecule has 0 saturated heterocycles. The van der Waals surface area contributed by atoms with Gasteiger partial charge in [-0.3, -0.25) is 9.59 Å². The van der Waals surface area contributed by atoms with Crippen LogP contribution in [0.3, 0.4) is 0 Å².